The van der Waals surface area contributed by atoms with E-state index in [0.717, 1.165) is 18.8 Å². The summed E-state index contributed by atoms with van der Waals surface area (Å²) in [5, 5.41) is 19.3. The van der Waals surface area contributed by atoms with E-state index in [0.29, 0.717) is 36.1 Å². The molecule has 0 radical (unpaired) electrons. The van der Waals surface area contributed by atoms with Crippen LogP contribution in [-0.4, -0.2) is 75.3 Å². The van der Waals surface area contributed by atoms with Gasteiger partial charge in [0.05, 0.1) is 11.4 Å². The van der Waals surface area contributed by atoms with Gasteiger partial charge in [-0.25, -0.2) is 4.39 Å². The number of hydrogen-bond acceptors (Lipinski definition) is 8. The quantitative estimate of drug-likeness (QED) is 0.526. The van der Waals surface area contributed by atoms with Crippen LogP contribution in [0.1, 0.15) is 6.42 Å². The zero-order chi connectivity index (χ0) is 22.6. The molecule has 0 aliphatic carbocycles. The van der Waals surface area contributed by atoms with Crippen molar-refractivity contribution < 1.29 is 9.18 Å². The Kier molecular flexibility index (Phi) is 6.51. The van der Waals surface area contributed by atoms with Gasteiger partial charge in [-0.2, -0.15) is 4.68 Å². The first-order chi connectivity index (χ1) is 16.2. The van der Waals surface area contributed by atoms with E-state index in [-0.39, 0.29) is 24.1 Å². The lowest BCUT2D eigenvalue weighted by Crippen LogP contribution is -2.67. The molecule has 1 aromatic heterocycles. The number of carbonyl (C=O) groups is 1. The van der Waals surface area contributed by atoms with Crippen LogP contribution in [0.4, 0.5) is 10.1 Å². The van der Waals surface area contributed by atoms with Gasteiger partial charge in [0.25, 0.3) is 0 Å². The summed E-state index contributed by atoms with van der Waals surface area (Å²) >= 11 is 1.52. The van der Waals surface area contributed by atoms with Crippen molar-refractivity contribution in [3.8, 4) is 5.69 Å². The van der Waals surface area contributed by atoms with E-state index in [4.69, 9.17) is 0 Å². The second kappa shape index (κ2) is 9.86. The molecular formula is C22H25FN8OS. The fourth-order valence-electron chi connectivity index (χ4n) is 4.17. The summed E-state index contributed by atoms with van der Waals surface area (Å²) in [4.78, 5) is 16.7. The molecule has 2 aliphatic rings. The predicted octanol–water partition coefficient (Wildman–Crippen LogP) is 1.48. The van der Waals surface area contributed by atoms with Crippen LogP contribution in [0.2, 0.25) is 0 Å². The highest BCUT2D eigenvalue weighted by Crippen LogP contribution is 2.23. The van der Waals surface area contributed by atoms with Gasteiger partial charge in [0.1, 0.15) is 12.1 Å². The van der Waals surface area contributed by atoms with Crippen molar-refractivity contribution >= 4 is 23.4 Å². The van der Waals surface area contributed by atoms with Gasteiger partial charge in [0.2, 0.25) is 11.1 Å². The minimum atomic E-state index is -0.246. The lowest BCUT2D eigenvalue weighted by atomic mass is 10.1. The van der Waals surface area contributed by atoms with Crippen LogP contribution in [-0.2, 0) is 4.79 Å². The number of para-hydroxylation sites is 2. The molecule has 1 amide bonds. The van der Waals surface area contributed by atoms with E-state index in [1.165, 1.54) is 17.8 Å². The van der Waals surface area contributed by atoms with Gasteiger partial charge in [0.15, 0.2) is 0 Å². The molecule has 172 valence electrons. The van der Waals surface area contributed by atoms with Crippen molar-refractivity contribution in [3.63, 3.8) is 0 Å². The number of hydrogen-bond donors (Lipinski definition) is 2. The summed E-state index contributed by atoms with van der Waals surface area (Å²) in [5.41, 5.74) is 1.52. The highest BCUT2D eigenvalue weighted by molar-refractivity contribution is 7.99. The fraction of sp³-hybridized carbons (Fsp3) is 0.364. The van der Waals surface area contributed by atoms with E-state index >= 15 is 0 Å². The minimum absolute atomic E-state index is 0.0146. The molecule has 2 N–H and O–H groups in total. The molecule has 3 aromatic rings. The number of halogens is 1. The Hall–Kier alpha value is -3.02. The van der Waals surface area contributed by atoms with Crippen molar-refractivity contribution in [2.45, 2.75) is 23.9 Å². The summed E-state index contributed by atoms with van der Waals surface area (Å²) in [7, 11) is 0. The molecule has 33 heavy (non-hydrogen) atoms. The zero-order valence-electron chi connectivity index (χ0n) is 18.0. The van der Waals surface area contributed by atoms with E-state index in [1.54, 1.807) is 10.7 Å². The number of rotatable bonds is 6. The number of aromatic nitrogens is 4. The third kappa shape index (κ3) is 5.00. The molecule has 9 nitrogen and oxygen atoms in total. The number of tetrazole rings is 1. The Morgan fingerprint density at radius 3 is 2.58 bits per heavy atom. The number of nitrogens with zero attached hydrogens (tertiary/aromatic N) is 6. The SMILES string of the molecule is O=C1CC(CSc2nnnn2-c2ccccc2)NC(N2CCN(c3ccccc3F)CC2)N1. The van der Waals surface area contributed by atoms with Crippen LogP contribution in [0, 0.1) is 5.82 Å². The normalized spacial score (nSPS) is 21.7. The molecule has 2 aromatic carbocycles. The summed E-state index contributed by atoms with van der Waals surface area (Å²) in [6.07, 6.45) is 0.149. The number of piperazine rings is 1. The van der Waals surface area contributed by atoms with Crippen molar-refractivity contribution in [2.24, 2.45) is 0 Å². The zero-order valence-corrected chi connectivity index (χ0v) is 18.8. The van der Waals surface area contributed by atoms with Crippen LogP contribution < -0.4 is 15.5 Å². The second-order valence-corrected chi connectivity index (χ2v) is 9.02. The van der Waals surface area contributed by atoms with Crippen LogP contribution in [0.3, 0.4) is 0 Å². The molecule has 2 fully saturated rings. The van der Waals surface area contributed by atoms with Gasteiger partial charge >= 0.3 is 0 Å². The Labute approximate surface area is 195 Å². The van der Waals surface area contributed by atoms with Crippen molar-refractivity contribution in [3.05, 3.63) is 60.4 Å². The minimum Gasteiger partial charge on any atom is -0.367 e. The Balaban J connectivity index is 1.18. The average Bonchev–Trinajstić information content (AvgIpc) is 3.32. The van der Waals surface area contributed by atoms with Crippen molar-refractivity contribution in [1.82, 2.24) is 35.7 Å². The standard InChI is InChI=1S/C22H25FN8OS/c23-18-8-4-5-9-19(18)29-10-12-30(13-11-29)21-24-16(14-20(32)25-21)15-33-22-26-27-28-31(22)17-6-2-1-3-7-17/h1-9,16,21,24H,10-15H2,(H,25,32). The second-order valence-electron chi connectivity index (χ2n) is 8.03. The Morgan fingerprint density at radius 2 is 1.79 bits per heavy atom. The first-order valence-corrected chi connectivity index (χ1v) is 11.9. The van der Waals surface area contributed by atoms with Gasteiger partial charge in [0, 0.05) is 44.4 Å². The molecule has 0 spiro atoms. The molecule has 5 rings (SSSR count). The van der Waals surface area contributed by atoms with Gasteiger partial charge in [-0.1, -0.05) is 42.1 Å². The maximum atomic E-state index is 14.1. The number of carbonyl (C=O) groups excluding carboxylic acids is 1. The van der Waals surface area contributed by atoms with Crippen LogP contribution in [0.5, 0.6) is 0 Å². The first kappa shape index (κ1) is 21.8. The molecular weight excluding hydrogens is 443 g/mol. The Morgan fingerprint density at radius 1 is 1.03 bits per heavy atom. The summed E-state index contributed by atoms with van der Waals surface area (Å²) in [6, 6.07) is 16.6. The topological polar surface area (TPSA) is 91.2 Å². The maximum absolute atomic E-state index is 14.1. The van der Waals surface area contributed by atoms with E-state index < -0.39 is 0 Å². The van der Waals surface area contributed by atoms with Crippen LogP contribution in [0.15, 0.2) is 59.8 Å². The van der Waals surface area contributed by atoms with Crippen molar-refractivity contribution in [1.29, 1.82) is 0 Å². The smallest absolute Gasteiger partial charge is 0.223 e. The lowest BCUT2D eigenvalue weighted by Gasteiger charge is -2.43. The van der Waals surface area contributed by atoms with E-state index in [1.807, 2.05) is 47.4 Å². The molecule has 2 saturated heterocycles. The summed E-state index contributed by atoms with van der Waals surface area (Å²) < 4.78 is 15.8. The molecule has 2 aliphatic heterocycles. The van der Waals surface area contributed by atoms with Crippen LogP contribution >= 0.6 is 11.8 Å². The van der Waals surface area contributed by atoms with E-state index in [2.05, 4.69) is 31.1 Å². The third-order valence-corrected chi connectivity index (χ3v) is 6.93. The molecule has 11 heteroatoms. The third-order valence-electron chi connectivity index (χ3n) is 5.85. The summed E-state index contributed by atoms with van der Waals surface area (Å²) in [6.45, 7) is 2.83. The monoisotopic (exact) mass is 468 g/mol. The molecule has 2 atom stereocenters. The van der Waals surface area contributed by atoms with Crippen LogP contribution in [0.25, 0.3) is 5.69 Å². The first-order valence-electron chi connectivity index (χ1n) is 10.9. The highest BCUT2D eigenvalue weighted by Gasteiger charge is 2.32. The fourth-order valence-corrected chi connectivity index (χ4v) is 5.09. The molecule has 2 unspecified atom stereocenters. The number of amides is 1. The number of nitrogens with one attached hydrogen (secondary N) is 2. The molecule has 0 saturated carbocycles. The average molecular weight is 469 g/mol. The maximum Gasteiger partial charge on any atom is 0.223 e. The largest absolute Gasteiger partial charge is 0.367 e. The predicted molar refractivity (Wildman–Crippen MR) is 124 cm³/mol. The highest BCUT2D eigenvalue weighted by atomic mass is 32.2. The van der Waals surface area contributed by atoms with Gasteiger partial charge in [-0.15, -0.1) is 5.10 Å². The number of thioether (sulfide) groups is 1. The number of benzene rings is 2. The summed E-state index contributed by atoms with van der Waals surface area (Å²) in [5.74, 6) is 0.472. The molecule has 3 heterocycles. The van der Waals surface area contributed by atoms with Gasteiger partial charge in [-0.05, 0) is 34.7 Å². The number of anilines is 1. The molecule has 0 bridgehead atoms. The lowest BCUT2D eigenvalue weighted by molar-refractivity contribution is -0.126. The van der Waals surface area contributed by atoms with Gasteiger partial charge < -0.3 is 10.2 Å². The van der Waals surface area contributed by atoms with E-state index in [9.17, 15) is 9.18 Å². The van der Waals surface area contributed by atoms with Gasteiger partial charge in [-0.3, -0.25) is 15.0 Å². The Bertz CT molecular complexity index is 1090. The van der Waals surface area contributed by atoms with Crippen molar-refractivity contribution in [2.75, 3.05) is 36.8 Å².